The van der Waals surface area contributed by atoms with Crippen LogP contribution in [0.2, 0.25) is 8.67 Å². The average molecular weight is 330 g/mol. The normalized spacial score (nSPS) is 11.7. The largest absolute Gasteiger partial charge is 0.266 e. The van der Waals surface area contributed by atoms with Gasteiger partial charge in [0.15, 0.2) is 0 Å². The quantitative estimate of drug-likeness (QED) is 0.939. The third-order valence-electron chi connectivity index (χ3n) is 1.66. The highest BCUT2D eigenvalue weighted by Crippen LogP contribution is 2.35. The fourth-order valence-corrected chi connectivity index (χ4v) is 4.99. The lowest BCUT2D eigenvalue weighted by molar-refractivity contribution is 0.601. The van der Waals surface area contributed by atoms with Crippen LogP contribution < -0.4 is 4.72 Å². The third-order valence-corrected chi connectivity index (χ3v) is 5.64. The molecule has 2 aromatic heterocycles. The number of sulfonamides is 1. The molecule has 0 aliphatic heterocycles. The number of hydrogen-bond acceptors (Lipinski definition) is 6. The van der Waals surface area contributed by atoms with E-state index >= 15 is 0 Å². The lowest BCUT2D eigenvalue weighted by atomic mass is 10.7. The summed E-state index contributed by atoms with van der Waals surface area (Å²) in [5.74, 6) is 0. The van der Waals surface area contributed by atoms with Crippen molar-refractivity contribution >= 4 is 61.0 Å². The highest BCUT2D eigenvalue weighted by Gasteiger charge is 2.22. The van der Waals surface area contributed by atoms with Crippen LogP contribution >= 0.6 is 45.9 Å². The van der Waals surface area contributed by atoms with Gasteiger partial charge in [-0.1, -0.05) is 34.5 Å². The first kappa shape index (κ1) is 13.0. The molecule has 17 heavy (non-hydrogen) atoms. The number of nitrogens with zero attached hydrogens (tertiary/aromatic N) is 2. The summed E-state index contributed by atoms with van der Waals surface area (Å²) >= 11 is 13.6. The summed E-state index contributed by atoms with van der Waals surface area (Å²) in [7, 11) is -3.76. The predicted octanol–water partition coefficient (Wildman–Crippen LogP) is 3.02. The maximum absolute atomic E-state index is 11.9. The van der Waals surface area contributed by atoms with Gasteiger partial charge in [0.25, 0.3) is 10.0 Å². The fraction of sp³-hybridized carbons (Fsp3) is 0.143. The standard InChI is InChI=1S/C7H5Cl2N3O2S3/c1-3-10-11-7(15-3)12-17(13,14)4-2-5(8)16-6(4)9/h2H,1H3,(H,11,12). The molecule has 0 spiro atoms. The Morgan fingerprint density at radius 2 is 2.00 bits per heavy atom. The highest BCUT2D eigenvalue weighted by atomic mass is 35.5. The van der Waals surface area contributed by atoms with Gasteiger partial charge in [-0.25, -0.2) is 8.42 Å². The van der Waals surface area contributed by atoms with Crippen LogP contribution in [-0.4, -0.2) is 18.6 Å². The number of hydrogen-bond donors (Lipinski definition) is 1. The second-order valence-corrected chi connectivity index (χ2v) is 8.04. The van der Waals surface area contributed by atoms with Crippen molar-refractivity contribution in [1.82, 2.24) is 10.2 Å². The van der Waals surface area contributed by atoms with Crippen molar-refractivity contribution < 1.29 is 8.42 Å². The Kier molecular flexibility index (Phi) is 3.60. The molecule has 0 saturated heterocycles. The smallest absolute Gasteiger partial charge is 0.253 e. The Balaban J connectivity index is 2.34. The minimum absolute atomic E-state index is 0.0537. The van der Waals surface area contributed by atoms with E-state index in [1.54, 1.807) is 6.92 Å². The van der Waals surface area contributed by atoms with Gasteiger partial charge in [0.1, 0.15) is 14.2 Å². The van der Waals surface area contributed by atoms with E-state index in [0.29, 0.717) is 9.34 Å². The monoisotopic (exact) mass is 329 g/mol. The van der Waals surface area contributed by atoms with E-state index in [1.165, 1.54) is 6.07 Å². The number of anilines is 1. The van der Waals surface area contributed by atoms with Crippen molar-refractivity contribution in [2.45, 2.75) is 11.8 Å². The van der Waals surface area contributed by atoms with E-state index in [9.17, 15) is 8.42 Å². The Labute approximate surface area is 115 Å². The molecule has 5 nitrogen and oxygen atoms in total. The topological polar surface area (TPSA) is 72.0 Å². The van der Waals surface area contributed by atoms with Crippen molar-refractivity contribution in [1.29, 1.82) is 0 Å². The zero-order valence-electron chi connectivity index (χ0n) is 8.27. The lowest BCUT2D eigenvalue weighted by Crippen LogP contribution is -2.12. The van der Waals surface area contributed by atoms with E-state index in [2.05, 4.69) is 14.9 Å². The van der Waals surface area contributed by atoms with Crippen molar-refractivity contribution in [2.24, 2.45) is 0 Å². The van der Waals surface area contributed by atoms with Gasteiger partial charge >= 0.3 is 0 Å². The van der Waals surface area contributed by atoms with Crippen LogP contribution in [0, 0.1) is 6.92 Å². The van der Waals surface area contributed by atoms with Gasteiger partial charge in [0.05, 0.1) is 4.34 Å². The molecule has 0 aliphatic rings. The molecule has 0 radical (unpaired) electrons. The molecule has 92 valence electrons. The summed E-state index contributed by atoms with van der Waals surface area (Å²) in [6, 6.07) is 1.30. The van der Waals surface area contributed by atoms with E-state index < -0.39 is 10.0 Å². The Hall–Kier alpha value is -0.410. The molecule has 10 heteroatoms. The first-order chi connectivity index (χ1) is 7.88. The van der Waals surface area contributed by atoms with E-state index in [4.69, 9.17) is 23.2 Å². The number of rotatable bonds is 3. The summed E-state index contributed by atoms with van der Waals surface area (Å²) in [6.07, 6.45) is 0. The zero-order valence-corrected chi connectivity index (χ0v) is 12.2. The van der Waals surface area contributed by atoms with Crippen LogP contribution in [0.4, 0.5) is 5.13 Å². The van der Waals surface area contributed by atoms with Crippen molar-refractivity contribution in [3.8, 4) is 0 Å². The Bertz CT molecular complexity index is 649. The van der Waals surface area contributed by atoms with Crippen molar-refractivity contribution in [2.75, 3.05) is 4.72 Å². The molecule has 1 N–H and O–H groups in total. The molecule has 0 fully saturated rings. The summed E-state index contributed by atoms with van der Waals surface area (Å²) in [5.41, 5.74) is 0. The molecule has 0 saturated carbocycles. The number of thiophene rings is 1. The van der Waals surface area contributed by atoms with Crippen LogP contribution in [0.1, 0.15) is 5.01 Å². The van der Waals surface area contributed by atoms with Crippen molar-refractivity contribution in [3.63, 3.8) is 0 Å². The highest BCUT2D eigenvalue weighted by molar-refractivity contribution is 7.93. The maximum atomic E-state index is 11.9. The molecular formula is C7H5Cl2N3O2S3. The van der Waals surface area contributed by atoms with Gasteiger partial charge in [-0.3, -0.25) is 4.72 Å². The zero-order chi connectivity index (χ0) is 12.6. The number of halogens is 2. The molecule has 0 atom stereocenters. The summed E-state index contributed by atoms with van der Waals surface area (Å²) in [4.78, 5) is -0.0537. The summed E-state index contributed by atoms with van der Waals surface area (Å²) in [5, 5.41) is 8.24. The predicted molar refractivity (Wildman–Crippen MR) is 69.8 cm³/mol. The van der Waals surface area contributed by atoms with Crippen molar-refractivity contribution in [3.05, 3.63) is 19.7 Å². The van der Waals surface area contributed by atoms with Gasteiger partial charge in [0.2, 0.25) is 5.13 Å². The third kappa shape index (κ3) is 2.89. The summed E-state index contributed by atoms with van der Waals surface area (Å²) < 4.78 is 26.6. The number of aromatic nitrogens is 2. The van der Waals surface area contributed by atoms with Gasteiger partial charge in [-0.15, -0.1) is 21.5 Å². The molecule has 0 bridgehead atoms. The SMILES string of the molecule is Cc1nnc(NS(=O)(=O)c2cc(Cl)sc2Cl)s1. The summed E-state index contributed by atoms with van der Waals surface area (Å²) in [6.45, 7) is 1.73. The van der Waals surface area contributed by atoms with Gasteiger partial charge < -0.3 is 0 Å². The first-order valence-corrected chi connectivity index (χ1v) is 8.03. The molecule has 0 amide bonds. The van der Waals surface area contributed by atoms with E-state index in [0.717, 1.165) is 22.7 Å². The van der Waals surface area contributed by atoms with E-state index in [1.807, 2.05) is 0 Å². The van der Waals surface area contributed by atoms with Crippen LogP contribution in [0.5, 0.6) is 0 Å². The van der Waals surface area contributed by atoms with Crippen LogP contribution in [0.3, 0.4) is 0 Å². The fourth-order valence-electron chi connectivity index (χ4n) is 1.02. The Morgan fingerprint density at radius 3 is 2.47 bits per heavy atom. The molecule has 0 unspecified atom stereocenters. The molecule has 2 rings (SSSR count). The number of aryl methyl sites for hydroxylation is 1. The first-order valence-electron chi connectivity index (χ1n) is 4.16. The molecule has 0 aliphatic carbocycles. The number of nitrogens with one attached hydrogen (secondary N) is 1. The van der Waals surface area contributed by atoms with Gasteiger partial charge in [-0.2, -0.15) is 0 Å². The Morgan fingerprint density at radius 1 is 1.29 bits per heavy atom. The molecule has 2 heterocycles. The van der Waals surface area contributed by atoms with Crippen LogP contribution in [0.15, 0.2) is 11.0 Å². The van der Waals surface area contributed by atoms with Crippen LogP contribution in [0.25, 0.3) is 0 Å². The second-order valence-electron chi connectivity index (χ2n) is 2.92. The van der Waals surface area contributed by atoms with E-state index in [-0.39, 0.29) is 14.4 Å². The maximum Gasteiger partial charge on any atom is 0.266 e. The van der Waals surface area contributed by atoms with Crippen LogP contribution in [-0.2, 0) is 10.0 Å². The molecule has 2 aromatic rings. The lowest BCUT2D eigenvalue weighted by Gasteiger charge is -2.02. The molecule has 0 aromatic carbocycles. The average Bonchev–Trinajstić information content (AvgIpc) is 2.72. The second kappa shape index (κ2) is 4.69. The van der Waals surface area contributed by atoms with Gasteiger partial charge in [-0.05, 0) is 13.0 Å². The van der Waals surface area contributed by atoms with Gasteiger partial charge in [0, 0.05) is 0 Å². The minimum Gasteiger partial charge on any atom is -0.253 e. The minimum atomic E-state index is -3.76. The molecular weight excluding hydrogens is 325 g/mol.